The zero-order valence-electron chi connectivity index (χ0n) is 13.7. The standard InChI is InChI=1S/C18H23NO4/c1-3-5-6-9-23-18(21)12-19-11-14(13-20)16-10-15(22-4-2)7-8-17(16)19/h7-8,10-11,13H,3-6,9,12H2,1-2H3. The summed E-state index contributed by atoms with van der Waals surface area (Å²) in [5, 5.41) is 0.782. The molecule has 0 atom stereocenters. The van der Waals surface area contributed by atoms with Crippen LogP contribution in [0.2, 0.25) is 0 Å². The fourth-order valence-corrected chi connectivity index (χ4v) is 2.51. The van der Waals surface area contributed by atoms with Crippen molar-refractivity contribution in [3.8, 4) is 5.75 Å². The lowest BCUT2D eigenvalue weighted by Gasteiger charge is -2.07. The van der Waals surface area contributed by atoms with Crippen LogP contribution in [-0.4, -0.2) is 30.0 Å². The molecule has 0 aliphatic heterocycles. The van der Waals surface area contributed by atoms with E-state index in [1.807, 2.05) is 25.1 Å². The Morgan fingerprint density at radius 3 is 2.78 bits per heavy atom. The first kappa shape index (κ1) is 17.1. The fraction of sp³-hybridized carbons (Fsp3) is 0.444. The Kier molecular flexibility index (Phi) is 6.20. The third-order valence-corrected chi connectivity index (χ3v) is 3.63. The number of aldehydes is 1. The van der Waals surface area contributed by atoms with E-state index in [2.05, 4.69) is 6.92 Å². The van der Waals surface area contributed by atoms with Crippen LogP contribution in [0.15, 0.2) is 24.4 Å². The van der Waals surface area contributed by atoms with Crippen LogP contribution in [0.3, 0.4) is 0 Å². The molecule has 1 aromatic heterocycles. The molecule has 0 unspecified atom stereocenters. The van der Waals surface area contributed by atoms with E-state index in [0.29, 0.717) is 24.5 Å². The number of benzene rings is 1. The molecule has 0 N–H and O–H groups in total. The highest BCUT2D eigenvalue weighted by Gasteiger charge is 2.12. The molecule has 5 nitrogen and oxygen atoms in total. The number of carbonyl (C=O) groups excluding carboxylic acids is 2. The maximum atomic E-state index is 11.9. The summed E-state index contributed by atoms with van der Waals surface area (Å²) < 4.78 is 12.4. The number of esters is 1. The smallest absolute Gasteiger partial charge is 0.325 e. The number of carbonyl (C=O) groups is 2. The zero-order valence-corrected chi connectivity index (χ0v) is 13.7. The molecule has 5 heteroatoms. The SMILES string of the molecule is CCCCCOC(=O)Cn1cc(C=O)c2cc(OCC)ccc21. The van der Waals surface area contributed by atoms with Crippen molar-refractivity contribution >= 4 is 23.2 Å². The van der Waals surface area contributed by atoms with Crippen LogP contribution in [0.5, 0.6) is 5.75 Å². The first-order valence-electron chi connectivity index (χ1n) is 8.06. The number of unbranched alkanes of at least 4 members (excludes halogenated alkanes) is 2. The van der Waals surface area contributed by atoms with Crippen molar-refractivity contribution in [1.29, 1.82) is 0 Å². The number of hydrogen-bond acceptors (Lipinski definition) is 4. The van der Waals surface area contributed by atoms with Crippen LogP contribution in [0.1, 0.15) is 43.5 Å². The molecule has 2 aromatic rings. The second kappa shape index (κ2) is 8.36. The molecule has 0 amide bonds. The van der Waals surface area contributed by atoms with Crippen LogP contribution in [0, 0.1) is 0 Å². The minimum absolute atomic E-state index is 0.102. The highest BCUT2D eigenvalue weighted by molar-refractivity contribution is 5.98. The van der Waals surface area contributed by atoms with Crippen LogP contribution in [0.4, 0.5) is 0 Å². The average molecular weight is 317 g/mol. The van der Waals surface area contributed by atoms with Gasteiger partial charge >= 0.3 is 5.97 Å². The number of aromatic nitrogens is 1. The summed E-state index contributed by atoms with van der Waals surface area (Å²) in [6.07, 6.45) is 5.49. The van der Waals surface area contributed by atoms with Gasteiger partial charge in [-0.2, -0.15) is 0 Å². The largest absolute Gasteiger partial charge is 0.494 e. The van der Waals surface area contributed by atoms with Crippen LogP contribution in [-0.2, 0) is 16.1 Å². The molecule has 2 rings (SSSR count). The summed E-state index contributed by atoms with van der Waals surface area (Å²) in [7, 11) is 0. The molecule has 0 aliphatic rings. The molecular weight excluding hydrogens is 294 g/mol. The van der Waals surface area contributed by atoms with E-state index >= 15 is 0 Å². The van der Waals surface area contributed by atoms with Crippen molar-refractivity contribution in [2.75, 3.05) is 13.2 Å². The number of hydrogen-bond donors (Lipinski definition) is 0. The van der Waals surface area contributed by atoms with Crippen molar-refractivity contribution in [1.82, 2.24) is 4.57 Å². The van der Waals surface area contributed by atoms with E-state index in [9.17, 15) is 9.59 Å². The quantitative estimate of drug-likeness (QED) is 0.403. The van der Waals surface area contributed by atoms with Gasteiger partial charge in [0.25, 0.3) is 0 Å². The van der Waals surface area contributed by atoms with Gasteiger partial charge in [-0.15, -0.1) is 0 Å². The first-order valence-corrected chi connectivity index (χ1v) is 8.06. The number of ether oxygens (including phenoxy) is 2. The summed E-state index contributed by atoms with van der Waals surface area (Å²) in [6, 6.07) is 5.52. The summed E-state index contributed by atoms with van der Waals surface area (Å²) in [5.41, 5.74) is 1.36. The molecule has 0 aliphatic carbocycles. The lowest BCUT2D eigenvalue weighted by atomic mass is 10.2. The number of fused-ring (bicyclic) bond motifs is 1. The van der Waals surface area contributed by atoms with Crippen molar-refractivity contribution in [2.24, 2.45) is 0 Å². The molecule has 0 saturated heterocycles. The van der Waals surface area contributed by atoms with Gasteiger partial charge in [-0.25, -0.2) is 0 Å². The molecular formula is C18H23NO4. The number of rotatable bonds is 9. The predicted octanol–water partition coefficient (Wildman–Crippen LogP) is 3.59. The van der Waals surface area contributed by atoms with E-state index in [0.717, 1.165) is 36.5 Å². The van der Waals surface area contributed by atoms with E-state index in [1.54, 1.807) is 10.8 Å². The van der Waals surface area contributed by atoms with Gasteiger partial charge in [-0.3, -0.25) is 9.59 Å². The van der Waals surface area contributed by atoms with E-state index in [-0.39, 0.29) is 12.5 Å². The van der Waals surface area contributed by atoms with Gasteiger partial charge in [-0.05, 0) is 31.5 Å². The Bertz CT molecular complexity index is 675. The Morgan fingerprint density at radius 1 is 1.26 bits per heavy atom. The predicted molar refractivity (Wildman–Crippen MR) is 89.0 cm³/mol. The molecule has 0 spiro atoms. The third kappa shape index (κ3) is 4.34. The van der Waals surface area contributed by atoms with Crippen LogP contribution in [0.25, 0.3) is 10.9 Å². The van der Waals surface area contributed by atoms with Crippen LogP contribution < -0.4 is 4.74 Å². The van der Waals surface area contributed by atoms with Gasteiger partial charge in [0.05, 0.1) is 13.2 Å². The summed E-state index contributed by atoms with van der Waals surface area (Å²) in [5.74, 6) is 0.423. The van der Waals surface area contributed by atoms with Gasteiger partial charge in [0.2, 0.25) is 0 Å². The summed E-state index contributed by atoms with van der Waals surface area (Å²) in [6.45, 7) is 5.12. The molecule has 0 fully saturated rings. The van der Waals surface area contributed by atoms with Gasteiger partial charge < -0.3 is 14.0 Å². The lowest BCUT2D eigenvalue weighted by Crippen LogP contribution is -2.13. The Hall–Kier alpha value is -2.30. The fourth-order valence-electron chi connectivity index (χ4n) is 2.51. The second-order valence-electron chi connectivity index (χ2n) is 5.37. The monoisotopic (exact) mass is 317 g/mol. The zero-order chi connectivity index (χ0) is 16.7. The molecule has 1 heterocycles. The lowest BCUT2D eigenvalue weighted by molar-refractivity contribution is -0.144. The molecule has 124 valence electrons. The van der Waals surface area contributed by atoms with Gasteiger partial charge in [0.15, 0.2) is 6.29 Å². The molecule has 0 radical (unpaired) electrons. The number of nitrogens with zero attached hydrogens (tertiary/aromatic N) is 1. The van der Waals surface area contributed by atoms with Crippen molar-refractivity contribution < 1.29 is 19.1 Å². The van der Waals surface area contributed by atoms with E-state index in [1.165, 1.54) is 0 Å². The van der Waals surface area contributed by atoms with Gasteiger partial charge in [0.1, 0.15) is 12.3 Å². The second-order valence-corrected chi connectivity index (χ2v) is 5.37. The molecule has 0 saturated carbocycles. The summed E-state index contributed by atoms with van der Waals surface area (Å²) in [4.78, 5) is 23.2. The highest BCUT2D eigenvalue weighted by Crippen LogP contribution is 2.25. The van der Waals surface area contributed by atoms with Crippen molar-refractivity contribution in [3.05, 3.63) is 30.0 Å². The first-order chi connectivity index (χ1) is 11.2. The van der Waals surface area contributed by atoms with E-state index in [4.69, 9.17) is 9.47 Å². The third-order valence-electron chi connectivity index (χ3n) is 3.63. The van der Waals surface area contributed by atoms with Crippen molar-refractivity contribution in [2.45, 2.75) is 39.7 Å². The van der Waals surface area contributed by atoms with Gasteiger partial charge in [-0.1, -0.05) is 19.8 Å². The minimum Gasteiger partial charge on any atom is -0.494 e. The van der Waals surface area contributed by atoms with Crippen LogP contribution >= 0.6 is 0 Å². The van der Waals surface area contributed by atoms with Crippen molar-refractivity contribution in [3.63, 3.8) is 0 Å². The normalized spacial score (nSPS) is 10.7. The highest BCUT2D eigenvalue weighted by atomic mass is 16.5. The Morgan fingerprint density at radius 2 is 2.09 bits per heavy atom. The Labute approximate surface area is 136 Å². The molecule has 0 bridgehead atoms. The maximum Gasteiger partial charge on any atom is 0.325 e. The molecule has 23 heavy (non-hydrogen) atoms. The average Bonchev–Trinajstić information content (AvgIpc) is 2.89. The van der Waals surface area contributed by atoms with Gasteiger partial charge in [0, 0.05) is 22.7 Å². The summed E-state index contributed by atoms with van der Waals surface area (Å²) >= 11 is 0. The molecule has 1 aromatic carbocycles. The Balaban J connectivity index is 2.14. The topological polar surface area (TPSA) is 57.5 Å². The van der Waals surface area contributed by atoms with E-state index < -0.39 is 0 Å². The maximum absolute atomic E-state index is 11.9. The minimum atomic E-state index is -0.288.